The molecule has 1 amide bonds. The van der Waals surface area contributed by atoms with E-state index in [2.05, 4.69) is 10.3 Å². The van der Waals surface area contributed by atoms with Gasteiger partial charge in [-0.2, -0.15) is 0 Å². The van der Waals surface area contributed by atoms with E-state index in [1.807, 2.05) is 5.38 Å². The molecule has 8 heteroatoms. The second-order valence-corrected chi connectivity index (χ2v) is 7.19. The Hall–Kier alpha value is -1.79. The molecular weight excluding hydrogens is 403 g/mol. The van der Waals surface area contributed by atoms with Crippen LogP contribution in [0.1, 0.15) is 15.2 Å². The Bertz CT molecular complexity index is 897. The molecule has 0 spiro atoms. The molecule has 4 nitrogen and oxygen atoms in total. The number of anilines is 1. The summed E-state index contributed by atoms with van der Waals surface area (Å²) in [5, 5.41) is 5.86. The van der Waals surface area contributed by atoms with Crippen molar-refractivity contribution in [2.45, 2.75) is 6.61 Å². The third-order valence-electron chi connectivity index (χ3n) is 3.14. The third kappa shape index (κ3) is 4.86. The van der Waals surface area contributed by atoms with E-state index in [0.717, 1.165) is 5.56 Å². The zero-order valence-corrected chi connectivity index (χ0v) is 15.7. The Kier molecular flexibility index (Phi) is 5.81. The van der Waals surface area contributed by atoms with Crippen molar-refractivity contribution < 1.29 is 9.53 Å². The lowest BCUT2D eigenvalue weighted by Crippen LogP contribution is -2.11. The summed E-state index contributed by atoms with van der Waals surface area (Å²) in [6.45, 7) is 0.353. The van der Waals surface area contributed by atoms with Crippen LogP contribution in [0.4, 0.5) is 5.82 Å². The molecule has 0 bridgehead atoms. The first kappa shape index (κ1) is 18.0. The smallest absolute Gasteiger partial charge is 0.266 e. The van der Waals surface area contributed by atoms with Gasteiger partial charge in [-0.25, -0.2) is 4.98 Å². The maximum atomic E-state index is 12.3. The number of hydrogen-bond donors (Lipinski definition) is 1. The average molecular weight is 414 g/mol. The van der Waals surface area contributed by atoms with Gasteiger partial charge in [-0.15, -0.1) is 11.3 Å². The van der Waals surface area contributed by atoms with Crippen LogP contribution in [0.15, 0.2) is 48.0 Å². The first-order chi connectivity index (χ1) is 12.0. The van der Waals surface area contributed by atoms with Crippen LogP contribution in [0.5, 0.6) is 5.75 Å². The van der Waals surface area contributed by atoms with Crippen LogP contribution in [0, 0.1) is 0 Å². The molecule has 2 aromatic heterocycles. The third-order valence-corrected chi connectivity index (χ3v) is 4.86. The number of carbonyl (C=O) groups excluding carboxylic acids is 1. The predicted molar refractivity (Wildman–Crippen MR) is 102 cm³/mol. The van der Waals surface area contributed by atoms with E-state index in [1.165, 1.54) is 23.6 Å². The molecule has 0 unspecified atom stereocenters. The zero-order valence-electron chi connectivity index (χ0n) is 12.6. The molecule has 0 aliphatic carbocycles. The minimum absolute atomic E-state index is 0.267. The van der Waals surface area contributed by atoms with Crippen LogP contribution in [-0.2, 0) is 6.61 Å². The summed E-state index contributed by atoms with van der Waals surface area (Å²) in [7, 11) is 0. The van der Waals surface area contributed by atoms with Gasteiger partial charge in [0.2, 0.25) is 0 Å². The number of ether oxygens (including phenoxy) is 1. The van der Waals surface area contributed by atoms with E-state index in [4.69, 9.17) is 39.5 Å². The Labute approximate surface area is 163 Å². The number of benzene rings is 1. The van der Waals surface area contributed by atoms with E-state index in [0.29, 0.717) is 27.3 Å². The molecule has 1 N–H and O–H groups in total. The summed E-state index contributed by atoms with van der Waals surface area (Å²) in [4.78, 5) is 16.8. The largest absolute Gasteiger partial charge is 0.489 e. The van der Waals surface area contributed by atoms with Crippen LogP contribution >= 0.6 is 46.1 Å². The molecular formula is C17H11Cl3N2O2S. The van der Waals surface area contributed by atoms with Crippen LogP contribution in [0.2, 0.25) is 15.1 Å². The molecule has 0 saturated carbocycles. The van der Waals surface area contributed by atoms with Crippen molar-refractivity contribution in [3.63, 3.8) is 0 Å². The fourth-order valence-corrected chi connectivity index (χ4v) is 3.29. The fourth-order valence-electron chi connectivity index (χ4n) is 1.94. The van der Waals surface area contributed by atoms with Crippen LogP contribution in [0.3, 0.4) is 0 Å². The summed E-state index contributed by atoms with van der Waals surface area (Å²) in [5.74, 6) is 0.682. The van der Waals surface area contributed by atoms with Gasteiger partial charge in [-0.3, -0.25) is 4.79 Å². The molecule has 0 atom stereocenters. The number of halogens is 3. The summed E-state index contributed by atoms with van der Waals surface area (Å²) in [6.07, 6.45) is 1.42. The number of carbonyl (C=O) groups is 1. The first-order valence-corrected chi connectivity index (χ1v) is 9.11. The maximum Gasteiger partial charge on any atom is 0.266 e. The number of pyridine rings is 1. The summed E-state index contributed by atoms with van der Waals surface area (Å²) in [5.41, 5.74) is 0.889. The van der Waals surface area contributed by atoms with Crippen molar-refractivity contribution in [1.82, 2.24) is 4.98 Å². The van der Waals surface area contributed by atoms with Crippen molar-refractivity contribution in [1.29, 1.82) is 0 Å². The number of nitrogens with zero attached hydrogens (tertiary/aromatic N) is 1. The Morgan fingerprint density at radius 2 is 1.88 bits per heavy atom. The molecule has 0 aliphatic rings. The summed E-state index contributed by atoms with van der Waals surface area (Å²) >= 11 is 18.9. The molecule has 3 rings (SSSR count). The quantitative estimate of drug-likeness (QED) is 0.563. The SMILES string of the molecule is O=C(Nc1ncc(Cl)cc1Cl)c1cc(COc2ccc(Cl)cc2)cs1. The Balaban J connectivity index is 1.62. The second kappa shape index (κ2) is 8.06. The second-order valence-electron chi connectivity index (χ2n) is 5.00. The lowest BCUT2D eigenvalue weighted by molar-refractivity contribution is 0.103. The van der Waals surface area contributed by atoms with Gasteiger partial charge in [-0.05, 0) is 41.8 Å². The Morgan fingerprint density at radius 1 is 1.12 bits per heavy atom. The normalized spacial score (nSPS) is 10.5. The molecule has 0 fully saturated rings. The Morgan fingerprint density at radius 3 is 2.60 bits per heavy atom. The first-order valence-electron chi connectivity index (χ1n) is 7.09. The van der Waals surface area contributed by atoms with Gasteiger partial charge in [0.15, 0.2) is 5.82 Å². The van der Waals surface area contributed by atoms with Crippen LogP contribution in [-0.4, -0.2) is 10.9 Å². The predicted octanol–water partition coefficient (Wildman–Crippen LogP) is 5.93. The number of hydrogen-bond acceptors (Lipinski definition) is 4. The summed E-state index contributed by atoms with van der Waals surface area (Å²) < 4.78 is 5.66. The number of nitrogens with one attached hydrogen (secondary N) is 1. The lowest BCUT2D eigenvalue weighted by Gasteiger charge is -2.05. The fraction of sp³-hybridized carbons (Fsp3) is 0.0588. The van der Waals surface area contributed by atoms with Gasteiger partial charge < -0.3 is 10.1 Å². The molecule has 128 valence electrons. The summed E-state index contributed by atoms with van der Waals surface area (Å²) in [6, 6.07) is 10.4. The van der Waals surface area contributed by atoms with Crippen molar-refractivity contribution in [2.24, 2.45) is 0 Å². The van der Waals surface area contributed by atoms with Crippen molar-refractivity contribution >= 4 is 57.9 Å². The maximum absolute atomic E-state index is 12.3. The highest BCUT2D eigenvalue weighted by atomic mass is 35.5. The number of thiophene rings is 1. The molecule has 1 aromatic carbocycles. The number of aromatic nitrogens is 1. The average Bonchev–Trinajstić information content (AvgIpc) is 3.06. The molecule has 0 radical (unpaired) electrons. The highest BCUT2D eigenvalue weighted by Crippen LogP contribution is 2.24. The van der Waals surface area contributed by atoms with E-state index in [1.54, 1.807) is 30.3 Å². The van der Waals surface area contributed by atoms with Crippen molar-refractivity contribution in [2.75, 3.05) is 5.32 Å². The minimum atomic E-state index is -0.292. The molecule has 25 heavy (non-hydrogen) atoms. The van der Waals surface area contributed by atoms with Crippen LogP contribution < -0.4 is 10.1 Å². The minimum Gasteiger partial charge on any atom is -0.489 e. The molecule has 2 heterocycles. The van der Waals surface area contributed by atoms with Gasteiger partial charge in [0.1, 0.15) is 12.4 Å². The van der Waals surface area contributed by atoms with E-state index in [-0.39, 0.29) is 16.7 Å². The van der Waals surface area contributed by atoms with Gasteiger partial charge in [0.05, 0.1) is 14.9 Å². The van der Waals surface area contributed by atoms with E-state index >= 15 is 0 Å². The highest BCUT2D eigenvalue weighted by molar-refractivity contribution is 7.12. The van der Waals surface area contributed by atoms with E-state index in [9.17, 15) is 4.79 Å². The van der Waals surface area contributed by atoms with Gasteiger partial charge in [0, 0.05) is 16.8 Å². The van der Waals surface area contributed by atoms with Crippen molar-refractivity contribution in [3.8, 4) is 5.75 Å². The molecule has 3 aromatic rings. The topological polar surface area (TPSA) is 51.2 Å². The van der Waals surface area contributed by atoms with Gasteiger partial charge in [0.25, 0.3) is 5.91 Å². The van der Waals surface area contributed by atoms with Crippen LogP contribution in [0.25, 0.3) is 0 Å². The zero-order chi connectivity index (χ0) is 17.8. The van der Waals surface area contributed by atoms with Crippen molar-refractivity contribution in [3.05, 3.63) is 73.5 Å². The monoisotopic (exact) mass is 412 g/mol. The number of amides is 1. The standard InChI is InChI=1S/C17H11Cl3N2O2S/c18-11-1-3-13(4-2-11)24-8-10-5-15(25-9-10)17(23)22-16-14(20)6-12(19)7-21-16/h1-7,9H,8H2,(H,21,22,23). The van der Waals surface area contributed by atoms with Gasteiger partial charge in [-0.1, -0.05) is 34.8 Å². The van der Waals surface area contributed by atoms with E-state index < -0.39 is 0 Å². The van der Waals surface area contributed by atoms with Gasteiger partial charge >= 0.3 is 0 Å². The number of rotatable bonds is 5. The lowest BCUT2D eigenvalue weighted by atomic mass is 10.3. The highest BCUT2D eigenvalue weighted by Gasteiger charge is 2.13. The molecule has 0 saturated heterocycles. The molecule has 0 aliphatic heterocycles.